The van der Waals surface area contributed by atoms with Crippen molar-refractivity contribution in [2.24, 2.45) is 0 Å². The van der Waals surface area contributed by atoms with Crippen LogP contribution in [0.5, 0.6) is 11.5 Å². The molecule has 0 amide bonds. The average molecular weight is 386 g/mol. The Morgan fingerprint density at radius 1 is 0.464 bits per heavy atom. The lowest BCUT2D eigenvalue weighted by Gasteiger charge is -2.12. The molecule has 0 atom stereocenters. The molecular weight excluding hydrogens is 368 g/mol. The molecule has 0 heterocycles. The fourth-order valence-corrected chi connectivity index (χ4v) is 3.57. The number of rotatable bonds is 6. The van der Waals surface area contributed by atoms with Crippen molar-refractivity contribution in [1.82, 2.24) is 0 Å². The van der Waals surface area contributed by atoms with E-state index < -0.39 is 11.4 Å². The summed E-state index contributed by atoms with van der Waals surface area (Å²) in [6.45, 7) is 0. The fraction of sp³-hybridized carbons (Fsp3) is 0. The molecule has 0 aromatic heterocycles. The number of benzene rings is 4. The van der Waals surface area contributed by atoms with Crippen LogP contribution in [-0.4, -0.2) is 4.21 Å². The van der Waals surface area contributed by atoms with Crippen molar-refractivity contribution >= 4 is 11.4 Å². The van der Waals surface area contributed by atoms with Crippen LogP contribution in [0.1, 0.15) is 0 Å². The van der Waals surface area contributed by atoms with Crippen molar-refractivity contribution in [3.8, 4) is 33.8 Å². The van der Waals surface area contributed by atoms with E-state index in [9.17, 15) is 4.21 Å². The molecule has 28 heavy (non-hydrogen) atoms. The van der Waals surface area contributed by atoms with Gasteiger partial charge in [0.25, 0.3) is 0 Å². The zero-order valence-electron chi connectivity index (χ0n) is 15.0. The van der Waals surface area contributed by atoms with Crippen LogP contribution < -0.4 is 8.37 Å². The van der Waals surface area contributed by atoms with E-state index >= 15 is 0 Å². The van der Waals surface area contributed by atoms with E-state index in [2.05, 4.69) is 0 Å². The molecule has 0 saturated carbocycles. The first-order valence-electron chi connectivity index (χ1n) is 8.88. The average Bonchev–Trinajstić information content (AvgIpc) is 2.76. The summed E-state index contributed by atoms with van der Waals surface area (Å²) in [6.07, 6.45) is 0. The molecule has 0 fully saturated rings. The Hall–Kier alpha value is -3.37. The third-order valence-corrected chi connectivity index (χ3v) is 4.89. The minimum atomic E-state index is -1.99. The number of hydrogen-bond donors (Lipinski definition) is 0. The second-order valence-electron chi connectivity index (χ2n) is 6.10. The quantitative estimate of drug-likeness (QED) is 0.404. The first kappa shape index (κ1) is 18.0. The van der Waals surface area contributed by atoms with Crippen molar-refractivity contribution in [2.75, 3.05) is 0 Å². The van der Waals surface area contributed by atoms with Gasteiger partial charge in [-0.1, -0.05) is 97.1 Å². The van der Waals surface area contributed by atoms with E-state index in [4.69, 9.17) is 8.37 Å². The molecule has 0 aliphatic rings. The van der Waals surface area contributed by atoms with Gasteiger partial charge in [0.2, 0.25) is 0 Å². The van der Waals surface area contributed by atoms with Crippen LogP contribution in [0.25, 0.3) is 22.3 Å². The Kier molecular flexibility index (Phi) is 5.50. The molecule has 0 saturated heterocycles. The smallest absolute Gasteiger partial charge is 0.370 e. The summed E-state index contributed by atoms with van der Waals surface area (Å²) in [7, 11) is 0. The highest BCUT2D eigenvalue weighted by Gasteiger charge is 2.14. The first-order chi connectivity index (χ1) is 13.8. The molecule has 0 N–H and O–H groups in total. The molecule has 3 nitrogen and oxygen atoms in total. The van der Waals surface area contributed by atoms with Crippen molar-refractivity contribution in [3.05, 3.63) is 109 Å². The molecule has 0 unspecified atom stereocenters. The molecule has 0 spiro atoms. The maximum atomic E-state index is 12.6. The van der Waals surface area contributed by atoms with Crippen LogP contribution in [0.15, 0.2) is 109 Å². The van der Waals surface area contributed by atoms with E-state index in [1.807, 2.05) is 97.1 Å². The van der Waals surface area contributed by atoms with Crippen LogP contribution >= 0.6 is 0 Å². The zero-order valence-corrected chi connectivity index (χ0v) is 15.8. The third-order valence-electron chi connectivity index (χ3n) is 4.26. The summed E-state index contributed by atoms with van der Waals surface area (Å²) in [4.78, 5) is 0. The van der Waals surface area contributed by atoms with Crippen LogP contribution in [0.3, 0.4) is 0 Å². The second kappa shape index (κ2) is 8.55. The second-order valence-corrected chi connectivity index (χ2v) is 6.84. The monoisotopic (exact) mass is 386 g/mol. The molecule has 4 rings (SSSR count). The molecular formula is C24H18O3S. The molecule has 138 valence electrons. The van der Waals surface area contributed by atoms with Gasteiger partial charge in [-0.25, -0.2) is 0 Å². The molecule has 0 radical (unpaired) electrons. The predicted octanol–water partition coefficient (Wildman–Crippen LogP) is 6.06. The van der Waals surface area contributed by atoms with Gasteiger partial charge in [0.1, 0.15) is 0 Å². The van der Waals surface area contributed by atoms with Gasteiger partial charge in [0, 0.05) is 11.1 Å². The molecule has 0 aliphatic carbocycles. The fourth-order valence-electron chi connectivity index (χ4n) is 2.95. The highest BCUT2D eigenvalue weighted by atomic mass is 32.2. The van der Waals surface area contributed by atoms with E-state index in [-0.39, 0.29) is 0 Å². The normalized spacial score (nSPS) is 10.6. The Morgan fingerprint density at radius 2 is 0.821 bits per heavy atom. The maximum Gasteiger partial charge on any atom is 0.417 e. The zero-order chi connectivity index (χ0) is 19.2. The molecule has 4 aromatic rings. The van der Waals surface area contributed by atoms with E-state index in [0.717, 1.165) is 22.3 Å². The lowest BCUT2D eigenvalue weighted by Crippen LogP contribution is -2.09. The van der Waals surface area contributed by atoms with E-state index in [0.29, 0.717) is 11.5 Å². The van der Waals surface area contributed by atoms with Crippen molar-refractivity contribution < 1.29 is 12.6 Å². The number of hydrogen-bond acceptors (Lipinski definition) is 3. The van der Waals surface area contributed by atoms with Crippen LogP contribution in [0, 0.1) is 0 Å². The third kappa shape index (κ3) is 4.13. The number of para-hydroxylation sites is 2. The predicted molar refractivity (Wildman–Crippen MR) is 113 cm³/mol. The summed E-state index contributed by atoms with van der Waals surface area (Å²) >= 11 is -1.99. The van der Waals surface area contributed by atoms with Gasteiger partial charge in [-0.2, -0.15) is 4.21 Å². The Balaban J connectivity index is 1.58. The largest absolute Gasteiger partial charge is 0.417 e. The van der Waals surface area contributed by atoms with Gasteiger partial charge < -0.3 is 8.37 Å². The summed E-state index contributed by atoms with van der Waals surface area (Å²) in [6, 6.07) is 34.6. The maximum absolute atomic E-state index is 12.6. The van der Waals surface area contributed by atoms with Gasteiger partial charge in [0.05, 0.1) is 0 Å². The van der Waals surface area contributed by atoms with E-state index in [1.54, 1.807) is 12.1 Å². The summed E-state index contributed by atoms with van der Waals surface area (Å²) in [5.74, 6) is 1.01. The molecule has 4 aromatic carbocycles. The van der Waals surface area contributed by atoms with E-state index in [1.165, 1.54) is 0 Å². The lowest BCUT2D eigenvalue weighted by molar-refractivity contribution is 0.463. The summed E-state index contributed by atoms with van der Waals surface area (Å²) in [5.41, 5.74) is 3.69. The SMILES string of the molecule is O=S(Oc1ccccc1-c1ccccc1)Oc1ccccc1-c1ccccc1. The Bertz CT molecular complexity index is 992. The highest BCUT2D eigenvalue weighted by molar-refractivity contribution is 7.76. The standard InChI is InChI=1S/C24H18O3S/c25-28(26-23-17-9-7-15-21(23)19-11-3-1-4-12-19)27-24-18-10-8-16-22(24)20-13-5-2-6-14-20/h1-18H. The van der Waals surface area contributed by atoms with Gasteiger partial charge in [-0.15, -0.1) is 0 Å². The minimum Gasteiger partial charge on any atom is -0.370 e. The lowest BCUT2D eigenvalue weighted by atomic mass is 10.1. The van der Waals surface area contributed by atoms with Crippen LogP contribution in [-0.2, 0) is 11.4 Å². The van der Waals surface area contributed by atoms with Crippen LogP contribution in [0.2, 0.25) is 0 Å². The van der Waals surface area contributed by atoms with Gasteiger partial charge >= 0.3 is 11.4 Å². The van der Waals surface area contributed by atoms with Crippen molar-refractivity contribution in [2.45, 2.75) is 0 Å². The topological polar surface area (TPSA) is 35.5 Å². The molecule has 4 heteroatoms. The van der Waals surface area contributed by atoms with Crippen molar-refractivity contribution in [1.29, 1.82) is 0 Å². The van der Waals surface area contributed by atoms with Crippen LogP contribution in [0.4, 0.5) is 0 Å². The van der Waals surface area contributed by atoms with Gasteiger partial charge in [-0.05, 0) is 23.3 Å². The Labute approximate surface area is 167 Å². The minimum absolute atomic E-state index is 0.504. The summed E-state index contributed by atoms with van der Waals surface area (Å²) in [5, 5.41) is 0. The van der Waals surface area contributed by atoms with Gasteiger partial charge in [-0.3, -0.25) is 0 Å². The summed E-state index contributed by atoms with van der Waals surface area (Å²) < 4.78 is 23.9. The molecule has 0 aliphatic heterocycles. The van der Waals surface area contributed by atoms with Crippen molar-refractivity contribution in [3.63, 3.8) is 0 Å². The first-order valence-corrected chi connectivity index (χ1v) is 9.88. The highest BCUT2D eigenvalue weighted by Crippen LogP contribution is 2.32. The molecule has 0 bridgehead atoms. The Morgan fingerprint density at radius 3 is 1.25 bits per heavy atom. The van der Waals surface area contributed by atoms with Gasteiger partial charge in [0.15, 0.2) is 11.5 Å².